The molecule has 0 saturated carbocycles. The first-order valence-corrected chi connectivity index (χ1v) is 7.70. The van der Waals surface area contributed by atoms with Crippen molar-refractivity contribution in [3.8, 4) is 0 Å². The lowest BCUT2D eigenvalue weighted by Crippen LogP contribution is -2.20. The van der Waals surface area contributed by atoms with Gasteiger partial charge in [-0.15, -0.1) is 0 Å². The molecule has 96 valence electrons. The summed E-state index contributed by atoms with van der Waals surface area (Å²) in [5.74, 6) is 0. The van der Waals surface area contributed by atoms with E-state index in [9.17, 15) is 14.2 Å². The number of hydrogen-bond donors (Lipinski definition) is 5. The summed E-state index contributed by atoms with van der Waals surface area (Å²) in [6.07, 6.45) is -0.813. The van der Waals surface area contributed by atoms with Gasteiger partial charge in [0.15, 0.2) is 5.40 Å². The van der Waals surface area contributed by atoms with Crippen molar-refractivity contribution >= 4 is 15.2 Å². The Morgan fingerprint density at radius 3 is 1.94 bits per heavy atom. The maximum absolute atomic E-state index is 11.0. The van der Waals surface area contributed by atoms with E-state index in [1.54, 1.807) is 0 Å². The topological polar surface area (TPSA) is 148 Å². The van der Waals surface area contributed by atoms with Crippen molar-refractivity contribution in [2.45, 2.75) is 11.5 Å². The second-order valence-corrected chi connectivity index (χ2v) is 7.17. The molecule has 5 N–H and O–H groups in total. The van der Waals surface area contributed by atoms with E-state index in [-0.39, 0.29) is 5.69 Å². The highest BCUT2D eigenvalue weighted by Crippen LogP contribution is 2.63. The van der Waals surface area contributed by atoms with Crippen LogP contribution in [0.3, 0.4) is 0 Å². The van der Waals surface area contributed by atoms with Gasteiger partial charge in [-0.2, -0.15) is 0 Å². The zero-order chi connectivity index (χ0) is 13.3. The van der Waals surface area contributed by atoms with E-state index in [1.807, 2.05) is 0 Å². The molecule has 0 saturated heterocycles. The maximum Gasteiger partial charge on any atom is 0.343 e. The van der Waals surface area contributed by atoms with Gasteiger partial charge in [-0.05, 0) is 12.1 Å². The van der Waals surface area contributed by atoms with Crippen molar-refractivity contribution in [3.63, 3.8) is 0 Å². The molecule has 0 aliphatic rings. The van der Waals surface area contributed by atoms with Crippen LogP contribution in [0.5, 0.6) is 0 Å². The van der Waals surface area contributed by atoms with Crippen molar-refractivity contribution < 1.29 is 33.8 Å². The monoisotopic (exact) mass is 283 g/mol. The SMILES string of the molecule is O=P(O)(O)C(C(O)c1ccccn1)P(=O)(O)O. The predicted molar refractivity (Wildman–Crippen MR) is 57.1 cm³/mol. The molecule has 0 spiro atoms. The van der Waals surface area contributed by atoms with Crippen LogP contribution in [0, 0.1) is 0 Å². The number of aromatic nitrogens is 1. The molecule has 1 heterocycles. The summed E-state index contributed by atoms with van der Waals surface area (Å²) in [7, 11) is -10.3. The Balaban J connectivity index is 3.18. The molecule has 0 radical (unpaired) electrons. The van der Waals surface area contributed by atoms with Gasteiger partial charge in [0.05, 0.1) is 5.69 Å². The molecule has 1 unspecified atom stereocenters. The Kier molecular flexibility index (Phi) is 4.22. The van der Waals surface area contributed by atoms with Gasteiger partial charge in [-0.25, -0.2) is 0 Å². The number of aliphatic hydroxyl groups is 1. The highest BCUT2D eigenvalue weighted by atomic mass is 31.2. The van der Waals surface area contributed by atoms with Crippen LogP contribution < -0.4 is 0 Å². The highest BCUT2D eigenvalue weighted by molar-refractivity contribution is 7.70. The van der Waals surface area contributed by atoms with E-state index in [4.69, 9.17) is 19.6 Å². The number of pyridine rings is 1. The lowest BCUT2D eigenvalue weighted by atomic mass is 10.2. The molecular formula is C7H11NO7P2. The number of rotatable bonds is 4. The molecule has 10 heteroatoms. The Hall–Kier alpha value is -0.590. The second-order valence-electron chi connectivity index (χ2n) is 3.29. The molecule has 1 atom stereocenters. The molecule has 8 nitrogen and oxygen atoms in total. The van der Waals surface area contributed by atoms with Crippen molar-refractivity contribution in [1.82, 2.24) is 4.98 Å². The van der Waals surface area contributed by atoms with Crippen molar-refractivity contribution in [2.75, 3.05) is 0 Å². The lowest BCUT2D eigenvalue weighted by molar-refractivity contribution is 0.165. The fraction of sp³-hybridized carbons (Fsp3) is 0.286. The Morgan fingerprint density at radius 2 is 1.59 bits per heavy atom. The molecule has 1 rings (SSSR count). The summed E-state index contributed by atoms with van der Waals surface area (Å²) in [6, 6.07) is 4.12. The van der Waals surface area contributed by atoms with Gasteiger partial charge in [-0.1, -0.05) is 6.07 Å². The normalized spacial score (nSPS) is 14.9. The van der Waals surface area contributed by atoms with E-state index >= 15 is 0 Å². The number of hydrogen-bond acceptors (Lipinski definition) is 4. The molecule has 0 fully saturated rings. The van der Waals surface area contributed by atoms with Crippen molar-refractivity contribution in [2.24, 2.45) is 0 Å². The van der Waals surface area contributed by atoms with Crippen LogP contribution in [-0.2, 0) is 9.13 Å². The van der Waals surface area contributed by atoms with E-state index in [1.165, 1.54) is 24.4 Å². The van der Waals surface area contributed by atoms with Crippen LogP contribution in [0.15, 0.2) is 24.4 Å². The zero-order valence-corrected chi connectivity index (χ0v) is 10.1. The number of nitrogens with zero attached hydrogens (tertiary/aromatic N) is 1. The van der Waals surface area contributed by atoms with Crippen molar-refractivity contribution in [3.05, 3.63) is 30.1 Å². The third-order valence-electron chi connectivity index (χ3n) is 1.96. The predicted octanol–water partition coefficient (Wildman–Crippen LogP) is -0.204. The van der Waals surface area contributed by atoms with E-state index < -0.39 is 26.7 Å². The van der Waals surface area contributed by atoms with E-state index in [0.29, 0.717) is 0 Å². The smallest absolute Gasteiger partial charge is 0.343 e. The molecule has 17 heavy (non-hydrogen) atoms. The Bertz CT molecular complexity index is 444. The Labute approximate surface area is 96.3 Å². The van der Waals surface area contributed by atoms with Crippen molar-refractivity contribution in [1.29, 1.82) is 0 Å². The molecule has 0 amide bonds. The first-order valence-electron chi connectivity index (χ1n) is 4.33. The quantitative estimate of drug-likeness (QED) is 0.477. The Morgan fingerprint density at radius 1 is 1.06 bits per heavy atom. The molecule has 0 aromatic carbocycles. The summed E-state index contributed by atoms with van der Waals surface area (Å²) >= 11 is 0. The standard InChI is InChI=1S/C7H11NO7P2/c9-6(5-3-1-2-4-8-5)7(16(10,11)12)17(13,14)15/h1-4,6-7,9H,(H2,10,11,12)(H2,13,14,15). The van der Waals surface area contributed by atoms with Crippen LogP contribution in [-0.4, -0.2) is 35.1 Å². The molecule has 0 bridgehead atoms. The van der Waals surface area contributed by atoms with Crippen LogP contribution in [0.25, 0.3) is 0 Å². The molecular weight excluding hydrogens is 272 g/mol. The molecule has 1 aromatic rings. The minimum atomic E-state index is -5.17. The van der Waals surface area contributed by atoms with Crippen LogP contribution in [0.4, 0.5) is 0 Å². The average molecular weight is 283 g/mol. The van der Waals surface area contributed by atoms with Gasteiger partial charge in [-0.3, -0.25) is 14.1 Å². The summed E-state index contributed by atoms with van der Waals surface area (Å²) in [5.41, 5.74) is -0.218. The van der Waals surface area contributed by atoms with Gasteiger partial charge in [0.1, 0.15) is 6.10 Å². The lowest BCUT2D eigenvalue weighted by Gasteiger charge is -2.23. The van der Waals surface area contributed by atoms with Gasteiger partial charge in [0.25, 0.3) is 0 Å². The maximum atomic E-state index is 11.0. The molecule has 0 aliphatic heterocycles. The summed E-state index contributed by atoms with van der Waals surface area (Å²) in [4.78, 5) is 39.1. The second kappa shape index (κ2) is 4.96. The third-order valence-corrected chi connectivity index (χ3v) is 5.71. The van der Waals surface area contributed by atoms with E-state index in [0.717, 1.165) is 0 Å². The summed E-state index contributed by atoms with van der Waals surface area (Å²) < 4.78 is 22.0. The molecule has 0 aliphatic carbocycles. The van der Waals surface area contributed by atoms with Gasteiger partial charge in [0.2, 0.25) is 0 Å². The first-order chi connectivity index (χ1) is 7.64. The summed E-state index contributed by atoms with van der Waals surface area (Å²) in [5, 5.41) is 7.10. The fourth-order valence-corrected chi connectivity index (χ4v) is 3.88. The van der Waals surface area contributed by atoms with Gasteiger partial charge in [0, 0.05) is 6.20 Å². The summed E-state index contributed by atoms with van der Waals surface area (Å²) in [6.45, 7) is 0. The zero-order valence-electron chi connectivity index (χ0n) is 8.36. The van der Waals surface area contributed by atoms with Crippen LogP contribution in [0.2, 0.25) is 0 Å². The minimum Gasteiger partial charge on any atom is -0.385 e. The van der Waals surface area contributed by atoms with Crippen LogP contribution >= 0.6 is 15.2 Å². The highest BCUT2D eigenvalue weighted by Gasteiger charge is 2.49. The minimum absolute atomic E-state index is 0.218. The largest absolute Gasteiger partial charge is 0.385 e. The van der Waals surface area contributed by atoms with Gasteiger partial charge >= 0.3 is 15.2 Å². The fourth-order valence-electron chi connectivity index (χ4n) is 1.27. The molecule has 1 aromatic heterocycles. The number of aliphatic hydroxyl groups excluding tert-OH is 1. The first kappa shape index (κ1) is 14.5. The van der Waals surface area contributed by atoms with Gasteiger partial charge < -0.3 is 24.7 Å². The average Bonchev–Trinajstić information content (AvgIpc) is 2.14. The third kappa shape index (κ3) is 3.69. The van der Waals surface area contributed by atoms with E-state index in [2.05, 4.69) is 4.98 Å². The van der Waals surface area contributed by atoms with Crippen LogP contribution in [0.1, 0.15) is 11.8 Å².